The van der Waals surface area contributed by atoms with Crippen molar-refractivity contribution in [1.82, 2.24) is 4.90 Å². The molecule has 1 rings (SSSR count). The minimum absolute atomic E-state index is 0.527. The van der Waals surface area contributed by atoms with Crippen LogP contribution in [0.1, 0.15) is 32.8 Å². The van der Waals surface area contributed by atoms with E-state index in [1.807, 2.05) is 18.2 Å². The Bertz CT molecular complexity index is 392. The molecular weight excluding hydrogens is 291 g/mol. The fourth-order valence-electron chi connectivity index (χ4n) is 2.42. The van der Waals surface area contributed by atoms with Crippen LogP contribution in [0.3, 0.4) is 0 Å². The molecule has 0 unspecified atom stereocenters. The van der Waals surface area contributed by atoms with Gasteiger partial charge in [0.05, 0.1) is 0 Å². The molecule has 0 radical (unpaired) electrons. The van der Waals surface area contributed by atoms with Crippen molar-refractivity contribution in [3.8, 4) is 0 Å². The monoisotopic (exact) mass is 316 g/mol. The molecule has 0 aliphatic rings. The number of benzene rings is 1. The predicted molar refractivity (Wildman–Crippen MR) is 91.3 cm³/mol. The molecule has 0 N–H and O–H groups in total. The van der Waals surface area contributed by atoms with Gasteiger partial charge in [-0.05, 0) is 50.7 Å². The van der Waals surface area contributed by atoms with Gasteiger partial charge in [0.15, 0.2) is 0 Å². The third-order valence-corrected chi connectivity index (χ3v) is 4.23. The van der Waals surface area contributed by atoms with Crippen LogP contribution in [0.5, 0.6) is 0 Å². The Morgan fingerprint density at radius 1 is 1.00 bits per heavy atom. The van der Waals surface area contributed by atoms with E-state index >= 15 is 0 Å². The normalized spacial score (nSPS) is 11.1. The van der Waals surface area contributed by atoms with Crippen LogP contribution in [0.25, 0.3) is 0 Å². The summed E-state index contributed by atoms with van der Waals surface area (Å²) in [5, 5.41) is 0.774. The van der Waals surface area contributed by atoms with Crippen LogP contribution in [-0.4, -0.2) is 37.6 Å². The summed E-state index contributed by atoms with van der Waals surface area (Å²) in [5.74, 6) is 0.527. The second kappa shape index (κ2) is 9.49. The maximum absolute atomic E-state index is 6.13. The smallest absolute Gasteiger partial charge is 0.0494 e. The third-order valence-electron chi connectivity index (χ3n) is 3.71. The van der Waals surface area contributed by atoms with Crippen LogP contribution in [0, 0.1) is 0 Å². The van der Waals surface area contributed by atoms with Crippen molar-refractivity contribution in [2.45, 2.75) is 33.1 Å². The summed E-state index contributed by atoms with van der Waals surface area (Å²) in [6.07, 6.45) is 1.16. The Hall–Kier alpha value is -0.440. The van der Waals surface area contributed by atoms with Crippen molar-refractivity contribution < 1.29 is 0 Å². The zero-order valence-electron chi connectivity index (χ0n) is 12.8. The molecule has 0 spiro atoms. The van der Waals surface area contributed by atoms with E-state index in [-0.39, 0.29) is 0 Å². The molecule has 0 fully saturated rings. The fraction of sp³-hybridized carbons (Fsp3) is 0.625. The molecule has 0 saturated heterocycles. The van der Waals surface area contributed by atoms with Crippen LogP contribution in [0.15, 0.2) is 18.2 Å². The lowest BCUT2D eigenvalue weighted by molar-refractivity contribution is 0.300. The molecule has 0 heterocycles. The number of anilines is 1. The van der Waals surface area contributed by atoms with Crippen molar-refractivity contribution >= 4 is 28.9 Å². The highest BCUT2D eigenvalue weighted by molar-refractivity contribution is 6.31. The Labute approximate surface area is 133 Å². The second-order valence-electron chi connectivity index (χ2n) is 4.87. The van der Waals surface area contributed by atoms with Crippen molar-refractivity contribution in [3.05, 3.63) is 28.8 Å². The van der Waals surface area contributed by atoms with E-state index < -0.39 is 0 Å². The minimum Gasteiger partial charge on any atom is -0.371 e. The van der Waals surface area contributed by atoms with E-state index in [4.69, 9.17) is 23.2 Å². The van der Waals surface area contributed by atoms with Gasteiger partial charge in [0.1, 0.15) is 0 Å². The average Bonchev–Trinajstić information content (AvgIpc) is 2.47. The highest BCUT2D eigenvalue weighted by Crippen LogP contribution is 2.26. The standard InChI is InChI=1S/C16H26Cl2N2/c1-4-19(5-2)10-7-11-20(6-3)16-12-15(18)9-8-14(16)13-17/h8-9,12H,4-7,10-11,13H2,1-3H3. The van der Waals surface area contributed by atoms with Gasteiger partial charge in [-0.3, -0.25) is 0 Å². The second-order valence-corrected chi connectivity index (χ2v) is 5.57. The SMILES string of the molecule is CCN(CC)CCCN(CC)c1cc(Cl)ccc1CCl. The highest BCUT2D eigenvalue weighted by Gasteiger charge is 2.10. The lowest BCUT2D eigenvalue weighted by Crippen LogP contribution is -2.30. The molecule has 0 amide bonds. The van der Waals surface area contributed by atoms with E-state index in [1.165, 1.54) is 5.69 Å². The Balaban J connectivity index is 2.68. The van der Waals surface area contributed by atoms with Crippen LogP contribution in [0.2, 0.25) is 5.02 Å². The zero-order chi connectivity index (χ0) is 15.0. The molecular formula is C16H26Cl2N2. The van der Waals surface area contributed by atoms with E-state index in [1.54, 1.807) is 0 Å². The largest absolute Gasteiger partial charge is 0.371 e. The molecule has 0 atom stereocenters. The topological polar surface area (TPSA) is 6.48 Å². The van der Waals surface area contributed by atoms with Crippen LogP contribution < -0.4 is 4.90 Å². The summed E-state index contributed by atoms with van der Waals surface area (Å²) in [6, 6.07) is 5.96. The number of halogens is 2. The van der Waals surface area contributed by atoms with Gasteiger partial charge in [-0.2, -0.15) is 0 Å². The van der Waals surface area contributed by atoms with Gasteiger partial charge in [0, 0.05) is 29.7 Å². The highest BCUT2D eigenvalue weighted by atomic mass is 35.5. The molecule has 20 heavy (non-hydrogen) atoms. The Morgan fingerprint density at radius 3 is 2.25 bits per heavy atom. The summed E-state index contributed by atoms with van der Waals surface area (Å²) in [7, 11) is 0. The number of hydrogen-bond donors (Lipinski definition) is 0. The molecule has 1 aromatic carbocycles. The first-order chi connectivity index (χ1) is 9.65. The number of rotatable bonds is 9. The lowest BCUT2D eigenvalue weighted by Gasteiger charge is -2.27. The van der Waals surface area contributed by atoms with Gasteiger partial charge in [0.2, 0.25) is 0 Å². The van der Waals surface area contributed by atoms with Crippen LogP contribution >= 0.6 is 23.2 Å². The van der Waals surface area contributed by atoms with E-state index in [0.717, 1.165) is 49.7 Å². The van der Waals surface area contributed by atoms with Crippen LogP contribution in [0.4, 0.5) is 5.69 Å². The van der Waals surface area contributed by atoms with E-state index in [0.29, 0.717) is 5.88 Å². The first kappa shape index (κ1) is 17.6. The zero-order valence-corrected chi connectivity index (χ0v) is 14.3. The molecule has 1 aromatic rings. The summed E-state index contributed by atoms with van der Waals surface area (Å²) >= 11 is 12.2. The Morgan fingerprint density at radius 2 is 1.70 bits per heavy atom. The first-order valence-corrected chi connectivity index (χ1v) is 8.39. The van der Waals surface area contributed by atoms with Gasteiger partial charge in [-0.15, -0.1) is 11.6 Å². The number of alkyl halides is 1. The molecule has 0 aromatic heterocycles. The predicted octanol–water partition coefficient (Wildman–Crippen LogP) is 4.64. The lowest BCUT2D eigenvalue weighted by atomic mass is 10.1. The molecule has 114 valence electrons. The van der Waals surface area contributed by atoms with Gasteiger partial charge in [-0.1, -0.05) is 31.5 Å². The summed E-state index contributed by atoms with van der Waals surface area (Å²) in [4.78, 5) is 4.82. The maximum Gasteiger partial charge on any atom is 0.0494 e. The molecule has 0 aliphatic heterocycles. The molecule has 0 saturated carbocycles. The quantitative estimate of drug-likeness (QED) is 0.612. The van der Waals surface area contributed by atoms with Gasteiger partial charge in [-0.25, -0.2) is 0 Å². The van der Waals surface area contributed by atoms with Gasteiger partial charge >= 0.3 is 0 Å². The van der Waals surface area contributed by atoms with Crippen molar-refractivity contribution in [2.75, 3.05) is 37.6 Å². The fourth-order valence-corrected chi connectivity index (χ4v) is 2.81. The summed E-state index contributed by atoms with van der Waals surface area (Å²) in [6.45, 7) is 12.0. The summed E-state index contributed by atoms with van der Waals surface area (Å²) < 4.78 is 0. The number of hydrogen-bond acceptors (Lipinski definition) is 2. The average molecular weight is 317 g/mol. The molecule has 4 heteroatoms. The summed E-state index contributed by atoms with van der Waals surface area (Å²) in [5.41, 5.74) is 2.33. The van der Waals surface area contributed by atoms with Crippen LogP contribution in [-0.2, 0) is 5.88 Å². The van der Waals surface area contributed by atoms with Crippen molar-refractivity contribution in [1.29, 1.82) is 0 Å². The van der Waals surface area contributed by atoms with E-state index in [2.05, 4.69) is 30.6 Å². The van der Waals surface area contributed by atoms with Gasteiger partial charge in [0.25, 0.3) is 0 Å². The molecule has 2 nitrogen and oxygen atoms in total. The molecule has 0 aliphatic carbocycles. The molecule has 0 bridgehead atoms. The maximum atomic E-state index is 6.13. The Kier molecular flexibility index (Phi) is 8.35. The number of nitrogens with zero attached hydrogens (tertiary/aromatic N) is 2. The first-order valence-electron chi connectivity index (χ1n) is 7.47. The van der Waals surface area contributed by atoms with E-state index in [9.17, 15) is 0 Å². The minimum atomic E-state index is 0.527. The van der Waals surface area contributed by atoms with Crippen molar-refractivity contribution in [3.63, 3.8) is 0 Å². The third kappa shape index (κ3) is 5.16. The van der Waals surface area contributed by atoms with Crippen molar-refractivity contribution in [2.24, 2.45) is 0 Å². The van der Waals surface area contributed by atoms with Gasteiger partial charge < -0.3 is 9.80 Å².